The van der Waals surface area contributed by atoms with Gasteiger partial charge in [0.05, 0.1) is 29.9 Å². The molecule has 0 bridgehead atoms. The average molecular weight is 362 g/mol. The molecular weight excluding hydrogens is 351 g/mol. The molecule has 2 aliphatic rings. The molecule has 0 atom stereocenters. The highest BCUT2D eigenvalue weighted by Gasteiger charge is 2.54. The van der Waals surface area contributed by atoms with Gasteiger partial charge in [-0.05, 0) is 35.4 Å². The van der Waals surface area contributed by atoms with Crippen molar-refractivity contribution in [1.82, 2.24) is 14.7 Å². The second-order valence-corrected chi connectivity index (χ2v) is 5.75. The standard InChI is InChI=1S/C10H11IN4O3/c11-7-6(8(12)16)5-3-14(9(17)18)10(1-2-10)4-15(5)13-7/h1-4H2,(H2,12,16)(H,17,18). The summed E-state index contributed by atoms with van der Waals surface area (Å²) in [6.45, 7) is 0.696. The van der Waals surface area contributed by atoms with Gasteiger partial charge < -0.3 is 10.8 Å². The molecule has 8 heteroatoms. The predicted octanol–water partition coefficient (Wildman–Crippen LogP) is 0.613. The molecule has 1 aliphatic carbocycles. The number of carboxylic acid groups (broad SMARTS) is 1. The van der Waals surface area contributed by atoms with Crippen LogP contribution in [0.2, 0.25) is 0 Å². The third-order valence-electron chi connectivity index (χ3n) is 3.64. The van der Waals surface area contributed by atoms with Gasteiger partial charge in [0, 0.05) is 0 Å². The maximum Gasteiger partial charge on any atom is 0.408 e. The van der Waals surface area contributed by atoms with E-state index in [1.54, 1.807) is 4.68 Å². The summed E-state index contributed by atoms with van der Waals surface area (Å²) in [5.41, 5.74) is 5.96. The number of rotatable bonds is 1. The molecule has 7 nitrogen and oxygen atoms in total. The molecule has 0 radical (unpaired) electrons. The van der Waals surface area contributed by atoms with Crippen molar-refractivity contribution in [1.29, 1.82) is 0 Å². The van der Waals surface area contributed by atoms with Gasteiger partial charge in [0.1, 0.15) is 3.70 Å². The molecule has 2 amide bonds. The van der Waals surface area contributed by atoms with Crippen LogP contribution in [0, 0.1) is 3.70 Å². The zero-order valence-corrected chi connectivity index (χ0v) is 11.5. The summed E-state index contributed by atoms with van der Waals surface area (Å²) in [5, 5.41) is 13.5. The molecule has 1 aromatic rings. The summed E-state index contributed by atoms with van der Waals surface area (Å²) in [7, 11) is 0. The first-order chi connectivity index (χ1) is 8.44. The number of hydrogen-bond acceptors (Lipinski definition) is 3. The average Bonchev–Trinajstić information content (AvgIpc) is 2.92. The third kappa shape index (κ3) is 1.51. The van der Waals surface area contributed by atoms with E-state index in [4.69, 9.17) is 5.73 Å². The fraction of sp³-hybridized carbons (Fsp3) is 0.500. The lowest BCUT2D eigenvalue weighted by Crippen LogP contribution is -2.48. The maximum absolute atomic E-state index is 11.4. The third-order valence-corrected chi connectivity index (χ3v) is 4.40. The van der Waals surface area contributed by atoms with Crippen LogP contribution in [0.3, 0.4) is 0 Å². The van der Waals surface area contributed by atoms with Crippen molar-refractivity contribution in [2.75, 3.05) is 0 Å². The number of halogens is 1. The Morgan fingerprint density at radius 1 is 1.44 bits per heavy atom. The molecule has 96 valence electrons. The van der Waals surface area contributed by atoms with Crippen LogP contribution in [-0.2, 0) is 13.1 Å². The summed E-state index contributed by atoms with van der Waals surface area (Å²) >= 11 is 1.95. The quantitative estimate of drug-likeness (QED) is 0.715. The van der Waals surface area contributed by atoms with Crippen LogP contribution in [0.4, 0.5) is 4.79 Å². The van der Waals surface area contributed by atoms with Crippen LogP contribution in [0.15, 0.2) is 0 Å². The zero-order chi connectivity index (χ0) is 13.1. The molecule has 1 aromatic heterocycles. The number of aromatic nitrogens is 2. The highest BCUT2D eigenvalue weighted by Crippen LogP contribution is 2.47. The van der Waals surface area contributed by atoms with Crippen molar-refractivity contribution in [3.8, 4) is 0 Å². The Morgan fingerprint density at radius 3 is 2.61 bits per heavy atom. The fourth-order valence-corrected chi connectivity index (χ4v) is 3.36. The molecule has 0 unspecified atom stereocenters. The first kappa shape index (κ1) is 11.8. The molecule has 1 saturated carbocycles. The SMILES string of the molecule is NC(=O)c1c(I)nn2c1CN(C(=O)O)C1(CC1)C2. The number of primary amides is 1. The van der Waals surface area contributed by atoms with Crippen molar-refractivity contribution < 1.29 is 14.7 Å². The molecule has 1 spiro atoms. The normalized spacial score (nSPS) is 19.7. The van der Waals surface area contributed by atoms with Crippen molar-refractivity contribution in [2.24, 2.45) is 5.73 Å². The number of fused-ring (bicyclic) bond motifs is 1. The summed E-state index contributed by atoms with van der Waals surface area (Å²) in [6.07, 6.45) is 0.743. The number of carbonyl (C=O) groups is 2. The van der Waals surface area contributed by atoms with E-state index < -0.39 is 12.0 Å². The molecule has 18 heavy (non-hydrogen) atoms. The Hall–Kier alpha value is -1.32. The van der Waals surface area contributed by atoms with E-state index in [9.17, 15) is 14.7 Å². The first-order valence-corrected chi connectivity index (χ1v) is 6.58. The van der Waals surface area contributed by atoms with E-state index in [0.717, 1.165) is 12.8 Å². The van der Waals surface area contributed by atoms with Gasteiger partial charge >= 0.3 is 6.09 Å². The lowest BCUT2D eigenvalue weighted by molar-refractivity contribution is 0.0872. The lowest BCUT2D eigenvalue weighted by Gasteiger charge is -2.34. The van der Waals surface area contributed by atoms with Crippen LogP contribution in [0.25, 0.3) is 0 Å². The van der Waals surface area contributed by atoms with E-state index in [-0.39, 0.29) is 12.1 Å². The Balaban J connectivity index is 2.08. The highest BCUT2D eigenvalue weighted by atomic mass is 127. The van der Waals surface area contributed by atoms with Gasteiger partial charge in [-0.15, -0.1) is 0 Å². The van der Waals surface area contributed by atoms with Crippen LogP contribution < -0.4 is 5.73 Å². The Labute approximate surface area is 116 Å². The second kappa shape index (κ2) is 3.59. The Kier molecular flexibility index (Phi) is 2.34. The van der Waals surface area contributed by atoms with Gasteiger partial charge in [0.25, 0.3) is 5.91 Å². The monoisotopic (exact) mass is 362 g/mol. The van der Waals surface area contributed by atoms with Gasteiger partial charge in [0.2, 0.25) is 0 Å². The van der Waals surface area contributed by atoms with Crippen LogP contribution in [0.1, 0.15) is 28.9 Å². The van der Waals surface area contributed by atoms with E-state index >= 15 is 0 Å². The van der Waals surface area contributed by atoms with Gasteiger partial charge in [-0.1, -0.05) is 0 Å². The van der Waals surface area contributed by atoms with Gasteiger partial charge in [-0.3, -0.25) is 14.4 Å². The van der Waals surface area contributed by atoms with Crippen LogP contribution in [0.5, 0.6) is 0 Å². The molecule has 0 saturated heterocycles. The number of hydrogen-bond donors (Lipinski definition) is 2. The van der Waals surface area contributed by atoms with E-state index in [0.29, 0.717) is 21.5 Å². The number of amides is 2. The minimum Gasteiger partial charge on any atom is -0.465 e. The summed E-state index contributed by atoms with van der Waals surface area (Å²) in [5.74, 6) is -0.558. The van der Waals surface area contributed by atoms with Gasteiger partial charge in [-0.2, -0.15) is 5.10 Å². The fourth-order valence-electron chi connectivity index (χ4n) is 2.52. The molecule has 1 fully saturated rings. The largest absolute Gasteiger partial charge is 0.465 e. The predicted molar refractivity (Wildman–Crippen MR) is 69.0 cm³/mol. The molecule has 0 aromatic carbocycles. The first-order valence-electron chi connectivity index (χ1n) is 5.50. The van der Waals surface area contributed by atoms with E-state index in [1.165, 1.54) is 4.90 Å². The second-order valence-electron chi connectivity index (χ2n) is 4.73. The number of nitrogens with zero attached hydrogens (tertiary/aromatic N) is 3. The molecule has 3 N–H and O–H groups in total. The highest BCUT2D eigenvalue weighted by molar-refractivity contribution is 14.1. The topological polar surface area (TPSA) is 101 Å². The molecular formula is C10H11IN4O3. The van der Waals surface area contributed by atoms with Crippen molar-refractivity contribution >= 4 is 34.6 Å². The van der Waals surface area contributed by atoms with Crippen LogP contribution in [-0.4, -0.2) is 37.3 Å². The Morgan fingerprint density at radius 2 is 2.11 bits per heavy atom. The molecule has 2 heterocycles. The Bertz CT molecular complexity index is 564. The van der Waals surface area contributed by atoms with Crippen molar-refractivity contribution in [3.63, 3.8) is 0 Å². The summed E-state index contributed by atoms with van der Waals surface area (Å²) in [6, 6.07) is 0. The number of carbonyl (C=O) groups excluding carboxylic acids is 1. The van der Waals surface area contributed by atoms with Crippen molar-refractivity contribution in [3.05, 3.63) is 15.0 Å². The van der Waals surface area contributed by atoms with Gasteiger partial charge in [0.15, 0.2) is 0 Å². The van der Waals surface area contributed by atoms with Crippen molar-refractivity contribution in [2.45, 2.75) is 31.5 Å². The lowest BCUT2D eigenvalue weighted by atomic mass is 10.1. The minimum absolute atomic E-state index is 0.184. The summed E-state index contributed by atoms with van der Waals surface area (Å²) < 4.78 is 2.27. The zero-order valence-electron chi connectivity index (χ0n) is 9.39. The minimum atomic E-state index is -0.953. The van der Waals surface area contributed by atoms with E-state index in [2.05, 4.69) is 5.10 Å². The molecule has 3 rings (SSSR count). The maximum atomic E-state index is 11.4. The molecule has 1 aliphatic heterocycles. The number of nitrogens with two attached hydrogens (primary N) is 1. The van der Waals surface area contributed by atoms with Crippen LogP contribution >= 0.6 is 22.6 Å². The van der Waals surface area contributed by atoms with E-state index in [1.807, 2.05) is 22.6 Å². The van der Waals surface area contributed by atoms with Gasteiger partial charge in [-0.25, -0.2) is 4.79 Å². The summed E-state index contributed by atoms with van der Waals surface area (Å²) in [4.78, 5) is 24.1. The smallest absolute Gasteiger partial charge is 0.408 e.